The molecule has 0 fully saturated rings. The summed E-state index contributed by atoms with van der Waals surface area (Å²) in [5.41, 5.74) is 4.26. The van der Waals surface area contributed by atoms with Crippen molar-refractivity contribution in [1.29, 1.82) is 0 Å². The van der Waals surface area contributed by atoms with Crippen LogP contribution in [0.1, 0.15) is 22.8 Å². The van der Waals surface area contributed by atoms with Crippen LogP contribution in [0.15, 0.2) is 36.5 Å². The molecule has 1 aromatic heterocycles. The van der Waals surface area contributed by atoms with E-state index in [0.29, 0.717) is 0 Å². The number of anilines is 1. The Morgan fingerprint density at radius 1 is 1.33 bits per heavy atom. The Morgan fingerprint density at radius 2 is 2.22 bits per heavy atom. The van der Waals surface area contributed by atoms with Crippen molar-refractivity contribution in [2.45, 2.75) is 13.3 Å². The molecule has 18 heavy (non-hydrogen) atoms. The molecule has 1 aliphatic rings. The summed E-state index contributed by atoms with van der Waals surface area (Å²) in [4.78, 5) is 15.8. The van der Waals surface area contributed by atoms with Crippen molar-refractivity contribution in [3.05, 3.63) is 47.7 Å². The second-order valence-electron chi connectivity index (χ2n) is 4.50. The van der Waals surface area contributed by atoms with Gasteiger partial charge >= 0.3 is 0 Å². The molecular weight excluding hydrogens is 224 g/mol. The second kappa shape index (κ2) is 4.26. The third kappa shape index (κ3) is 1.78. The summed E-state index contributed by atoms with van der Waals surface area (Å²) in [6.45, 7) is 2.53. The standard InChI is InChI=1S/C15H14N2O/c1-10(18)11-3-2-4-12(9-11)13-5-7-16-15-14(13)6-8-17-15/h2-5,7,9H,6,8H2,1H3,(H,16,17). The number of nitrogens with one attached hydrogen (secondary N) is 1. The van der Waals surface area contributed by atoms with Crippen LogP contribution in [-0.2, 0) is 6.42 Å². The summed E-state index contributed by atoms with van der Waals surface area (Å²) >= 11 is 0. The fourth-order valence-corrected chi connectivity index (χ4v) is 2.38. The average Bonchev–Trinajstić information content (AvgIpc) is 2.87. The number of nitrogens with zero attached hydrogens (tertiary/aromatic N) is 1. The van der Waals surface area contributed by atoms with Gasteiger partial charge in [-0.2, -0.15) is 0 Å². The number of hydrogen-bond acceptors (Lipinski definition) is 3. The van der Waals surface area contributed by atoms with Crippen LogP contribution in [0.2, 0.25) is 0 Å². The SMILES string of the molecule is CC(=O)c1cccc(-c2ccnc3c2CCN3)c1. The van der Waals surface area contributed by atoms with Crippen LogP contribution in [0, 0.1) is 0 Å². The third-order valence-electron chi connectivity index (χ3n) is 3.30. The van der Waals surface area contributed by atoms with Gasteiger partial charge in [0.05, 0.1) is 0 Å². The van der Waals surface area contributed by atoms with Crippen molar-refractivity contribution in [3.63, 3.8) is 0 Å². The molecule has 0 unspecified atom stereocenters. The van der Waals surface area contributed by atoms with Gasteiger partial charge < -0.3 is 5.32 Å². The molecular formula is C15H14N2O. The maximum atomic E-state index is 11.4. The molecule has 0 bridgehead atoms. The molecule has 0 aliphatic carbocycles. The lowest BCUT2D eigenvalue weighted by Crippen LogP contribution is -1.94. The number of Topliss-reactive ketones (excluding diaryl/α,β-unsaturated/α-hetero) is 1. The lowest BCUT2D eigenvalue weighted by Gasteiger charge is -2.08. The Balaban J connectivity index is 2.13. The van der Waals surface area contributed by atoms with E-state index in [0.717, 1.165) is 29.9 Å². The van der Waals surface area contributed by atoms with Gasteiger partial charge in [-0.05, 0) is 36.6 Å². The molecule has 90 valence electrons. The zero-order chi connectivity index (χ0) is 12.5. The molecule has 0 radical (unpaired) electrons. The number of pyridine rings is 1. The molecule has 2 heterocycles. The van der Waals surface area contributed by atoms with E-state index >= 15 is 0 Å². The molecule has 1 aromatic carbocycles. The highest BCUT2D eigenvalue weighted by Crippen LogP contribution is 2.31. The van der Waals surface area contributed by atoms with Gasteiger partial charge in [0.2, 0.25) is 0 Å². The van der Waals surface area contributed by atoms with Gasteiger partial charge in [-0.1, -0.05) is 18.2 Å². The summed E-state index contributed by atoms with van der Waals surface area (Å²) in [7, 11) is 0. The predicted octanol–water partition coefficient (Wildman–Crippen LogP) is 2.92. The first-order chi connectivity index (χ1) is 8.75. The van der Waals surface area contributed by atoms with E-state index in [-0.39, 0.29) is 5.78 Å². The Kier molecular flexibility index (Phi) is 2.59. The highest BCUT2D eigenvalue weighted by atomic mass is 16.1. The molecule has 0 saturated heterocycles. The van der Waals surface area contributed by atoms with E-state index in [9.17, 15) is 4.79 Å². The largest absolute Gasteiger partial charge is 0.369 e. The maximum absolute atomic E-state index is 11.4. The Labute approximate surface area is 106 Å². The van der Waals surface area contributed by atoms with E-state index in [2.05, 4.69) is 10.3 Å². The quantitative estimate of drug-likeness (QED) is 0.818. The van der Waals surface area contributed by atoms with Gasteiger partial charge in [-0.15, -0.1) is 0 Å². The molecule has 0 spiro atoms. The summed E-state index contributed by atoms with van der Waals surface area (Å²) in [6, 6.07) is 9.80. The summed E-state index contributed by atoms with van der Waals surface area (Å²) in [5, 5.41) is 3.27. The lowest BCUT2D eigenvalue weighted by atomic mass is 9.98. The first-order valence-corrected chi connectivity index (χ1v) is 6.09. The Hall–Kier alpha value is -2.16. The fraction of sp³-hybridized carbons (Fsp3) is 0.200. The summed E-state index contributed by atoms with van der Waals surface area (Å²) in [5.74, 6) is 1.07. The van der Waals surface area contributed by atoms with E-state index in [1.165, 1.54) is 11.1 Å². The maximum Gasteiger partial charge on any atom is 0.159 e. The first-order valence-electron chi connectivity index (χ1n) is 6.09. The zero-order valence-electron chi connectivity index (χ0n) is 10.2. The second-order valence-corrected chi connectivity index (χ2v) is 4.50. The van der Waals surface area contributed by atoms with Crippen LogP contribution in [-0.4, -0.2) is 17.3 Å². The Morgan fingerprint density at radius 3 is 3.06 bits per heavy atom. The number of ketones is 1. The van der Waals surface area contributed by atoms with Crippen molar-refractivity contribution in [1.82, 2.24) is 4.98 Å². The molecule has 0 atom stereocenters. The van der Waals surface area contributed by atoms with Crippen molar-refractivity contribution in [3.8, 4) is 11.1 Å². The van der Waals surface area contributed by atoms with Crippen LogP contribution in [0.25, 0.3) is 11.1 Å². The van der Waals surface area contributed by atoms with Gasteiger partial charge in [0.1, 0.15) is 5.82 Å². The molecule has 0 amide bonds. The van der Waals surface area contributed by atoms with Crippen molar-refractivity contribution >= 4 is 11.6 Å². The fourth-order valence-electron chi connectivity index (χ4n) is 2.38. The van der Waals surface area contributed by atoms with Gasteiger partial charge in [0.25, 0.3) is 0 Å². The summed E-state index contributed by atoms with van der Waals surface area (Å²) < 4.78 is 0. The van der Waals surface area contributed by atoms with Crippen molar-refractivity contribution < 1.29 is 4.79 Å². The van der Waals surface area contributed by atoms with Crippen LogP contribution >= 0.6 is 0 Å². The number of hydrogen-bond donors (Lipinski definition) is 1. The minimum Gasteiger partial charge on any atom is -0.369 e. The van der Waals surface area contributed by atoms with Gasteiger partial charge in [0.15, 0.2) is 5.78 Å². The van der Waals surface area contributed by atoms with Crippen molar-refractivity contribution in [2.24, 2.45) is 0 Å². The number of rotatable bonds is 2. The number of carbonyl (C=O) groups excluding carboxylic acids is 1. The van der Waals surface area contributed by atoms with Crippen molar-refractivity contribution in [2.75, 3.05) is 11.9 Å². The summed E-state index contributed by atoms with van der Waals surface area (Å²) in [6.07, 6.45) is 2.80. The average molecular weight is 238 g/mol. The zero-order valence-corrected chi connectivity index (χ0v) is 10.2. The van der Waals surface area contributed by atoms with Gasteiger partial charge in [-0.25, -0.2) is 4.98 Å². The molecule has 1 N–H and O–H groups in total. The van der Waals surface area contributed by atoms with Crippen LogP contribution < -0.4 is 5.32 Å². The molecule has 3 rings (SSSR count). The number of carbonyl (C=O) groups is 1. The molecule has 3 heteroatoms. The van der Waals surface area contributed by atoms with E-state index < -0.39 is 0 Å². The van der Waals surface area contributed by atoms with E-state index in [1.54, 1.807) is 6.92 Å². The lowest BCUT2D eigenvalue weighted by molar-refractivity contribution is 0.101. The first kappa shape index (κ1) is 11.0. The monoisotopic (exact) mass is 238 g/mol. The van der Waals surface area contributed by atoms with Gasteiger partial charge in [0, 0.05) is 23.9 Å². The molecule has 2 aromatic rings. The van der Waals surface area contributed by atoms with Crippen LogP contribution in [0.5, 0.6) is 0 Å². The topological polar surface area (TPSA) is 42.0 Å². The van der Waals surface area contributed by atoms with Gasteiger partial charge in [-0.3, -0.25) is 4.79 Å². The van der Waals surface area contributed by atoms with Crippen LogP contribution in [0.4, 0.5) is 5.82 Å². The van der Waals surface area contributed by atoms with Crippen LogP contribution in [0.3, 0.4) is 0 Å². The van der Waals surface area contributed by atoms with E-state index in [1.807, 2.05) is 36.5 Å². The third-order valence-corrected chi connectivity index (χ3v) is 3.30. The van der Waals surface area contributed by atoms with E-state index in [4.69, 9.17) is 0 Å². The predicted molar refractivity (Wildman–Crippen MR) is 71.9 cm³/mol. The highest BCUT2D eigenvalue weighted by molar-refractivity contribution is 5.95. The number of benzene rings is 1. The minimum absolute atomic E-state index is 0.0978. The number of aromatic nitrogens is 1. The molecule has 1 aliphatic heterocycles. The minimum atomic E-state index is 0.0978. The number of fused-ring (bicyclic) bond motifs is 1. The highest BCUT2D eigenvalue weighted by Gasteiger charge is 2.16. The molecule has 0 saturated carbocycles. The molecule has 3 nitrogen and oxygen atoms in total. The Bertz CT molecular complexity index is 620. The normalized spacial score (nSPS) is 12.9. The smallest absolute Gasteiger partial charge is 0.159 e.